The number of carbonyl (C=O) groups is 2. The number of carbonyl (C=O) groups excluding carboxylic acids is 2. The van der Waals surface area contributed by atoms with Gasteiger partial charge in [0, 0.05) is 0 Å². The summed E-state index contributed by atoms with van der Waals surface area (Å²) in [4.78, 5) is 27.1. The second-order valence-electron chi connectivity index (χ2n) is 7.60. The molecule has 1 N–H and O–H groups in total. The van der Waals surface area contributed by atoms with Gasteiger partial charge in [-0.3, -0.25) is 19.8 Å². The standard InChI is InChI=1S/C26H21IN2O4S/c1-16-8-10-17(11-9-16)15-33-23-21(27)13-18(14-22(23)32-2)12-20-24(30)28-26(34)29(25(20)31)19-6-4-3-5-7-19/h3-14H,15H2,1-2H3,(H,28,30,34)/b20-12-. The number of amides is 2. The quantitative estimate of drug-likeness (QED) is 0.191. The lowest BCUT2D eigenvalue weighted by molar-refractivity contribution is -0.122. The molecule has 0 spiro atoms. The number of halogens is 1. The van der Waals surface area contributed by atoms with Crippen LogP contribution in [-0.2, 0) is 16.2 Å². The molecule has 0 radical (unpaired) electrons. The van der Waals surface area contributed by atoms with Gasteiger partial charge >= 0.3 is 0 Å². The van der Waals surface area contributed by atoms with E-state index in [2.05, 4.69) is 27.9 Å². The van der Waals surface area contributed by atoms with Crippen molar-refractivity contribution in [2.45, 2.75) is 13.5 Å². The largest absolute Gasteiger partial charge is 0.493 e. The number of para-hydroxylation sites is 1. The van der Waals surface area contributed by atoms with Crippen molar-refractivity contribution in [1.29, 1.82) is 0 Å². The van der Waals surface area contributed by atoms with Gasteiger partial charge in [-0.25, -0.2) is 0 Å². The molecule has 4 rings (SSSR count). The zero-order valence-corrected chi connectivity index (χ0v) is 21.5. The van der Waals surface area contributed by atoms with Crippen molar-refractivity contribution in [1.82, 2.24) is 5.32 Å². The number of hydrogen-bond acceptors (Lipinski definition) is 5. The second-order valence-corrected chi connectivity index (χ2v) is 9.15. The third-order valence-corrected chi connectivity index (χ3v) is 6.27. The molecule has 1 saturated heterocycles. The normalized spacial score (nSPS) is 14.9. The molecule has 1 fully saturated rings. The first-order valence-corrected chi connectivity index (χ1v) is 11.9. The number of ether oxygens (including phenoxy) is 2. The van der Waals surface area contributed by atoms with Crippen molar-refractivity contribution in [2.75, 3.05) is 12.0 Å². The molecule has 0 unspecified atom stereocenters. The molecule has 1 heterocycles. The highest BCUT2D eigenvalue weighted by atomic mass is 127. The highest BCUT2D eigenvalue weighted by molar-refractivity contribution is 14.1. The number of anilines is 1. The minimum atomic E-state index is -0.546. The first-order valence-electron chi connectivity index (χ1n) is 10.4. The molecular formula is C26H21IN2O4S. The lowest BCUT2D eigenvalue weighted by Gasteiger charge is -2.28. The predicted molar refractivity (Wildman–Crippen MR) is 144 cm³/mol. The summed E-state index contributed by atoms with van der Waals surface area (Å²) in [5.41, 5.74) is 3.40. The number of aryl methyl sites for hydroxylation is 1. The van der Waals surface area contributed by atoms with Crippen molar-refractivity contribution in [3.63, 3.8) is 0 Å². The molecular weight excluding hydrogens is 563 g/mol. The van der Waals surface area contributed by atoms with Crippen LogP contribution in [0.1, 0.15) is 16.7 Å². The SMILES string of the molecule is COc1cc(/C=C2/C(=O)NC(=S)N(c3ccccc3)C2=O)cc(I)c1OCc1ccc(C)cc1. The summed E-state index contributed by atoms with van der Waals surface area (Å²) in [6.45, 7) is 2.42. The van der Waals surface area contributed by atoms with E-state index < -0.39 is 11.8 Å². The van der Waals surface area contributed by atoms with Gasteiger partial charge < -0.3 is 9.47 Å². The molecule has 8 heteroatoms. The Hall–Kier alpha value is -3.24. The highest BCUT2D eigenvalue weighted by Crippen LogP contribution is 2.35. The van der Waals surface area contributed by atoms with Crippen LogP contribution < -0.4 is 19.7 Å². The Labute approximate surface area is 216 Å². The van der Waals surface area contributed by atoms with Crippen LogP contribution in [0, 0.1) is 10.5 Å². The maximum Gasteiger partial charge on any atom is 0.270 e. The van der Waals surface area contributed by atoms with Crippen LogP contribution in [0.2, 0.25) is 0 Å². The number of nitrogens with zero attached hydrogens (tertiary/aromatic N) is 1. The van der Waals surface area contributed by atoms with E-state index in [4.69, 9.17) is 21.7 Å². The topological polar surface area (TPSA) is 67.9 Å². The van der Waals surface area contributed by atoms with Crippen LogP contribution in [0.3, 0.4) is 0 Å². The number of methoxy groups -OCH3 is 1. The number of rotatable bonds is 6. The van der Waals surface area contributed by atoms with Gasteiger partial charge in [0.1, 0.15) is 12.2 Å². The lowest BCUT2D eigenvalue weighted by Crippen LogP contribution is -2.54. The van der Waals surface area contributed by atoms with Crippen LogP contribution in [0.5, 0.6) is 11.5 Å². The Morgan fingerprint density at radius 2 is 1.76 bits per heavy atom. The summed E-state index contributed by atoms with van der Waals surface area (Å²) in [5.74, 6) is 0.0618. The van der Waals surface area contributed by atoms with E-state index in [1.54, 1.807) is 37.4 Å². The summed E-state index contributed by atoms with van der Waals surface area (Å²) in [6, 6.07) is 20.6. The van der Waals surface area contributed by atoms with Gasteiger partial charge in [0.25, 0.3) is 11.8 Å². The summed E-state index contributed by atoms with van der Waals surface area (Å²) in [5, 5.41) is 2.64. The molecule has 0 atom stereocenters. The fraction of sp³-hybridized carbons (Fsp3) is 0.115. The van der Waals surface area contributed by atoms with E-state index in [9.17, 15) is 9.59 Å². The molecule has 0 aliphatic carbocycles. The molecule has 34 heavy (non-hydrogen) atoms. The minimum Gasteiger partial charge on any atom is -0.493 e. The second kappa shape index (κ2) is 10.4. The van der Waals surface area contributed by atoms with Gasteiger partial charge in [-0.2, -0.15) is 0 Å². The summed E-state index contributed by atoms with van der Waals surface area (Å²) in [7, 11) is 1.55. The molecule has 0 bridgehead atoms. The highest BCUT2D eigenvalue weighted by Gasteiger charge is 2.34. The average Bonchev–Trinajstić information content (AvgIpc) is 2.82. The maximum absolute atomic E-state index is 13.2. The molecule has 6 nitrogen and oxygen atoms in total. The molecule has 3 aromatic carbocycles. The van der Waals surface area contributed by atoms with Crippen LogP contribution in [0.25, 0.3) is 6.08 Å². The molecule has 2 amide bonds. The van der Waals surface area contributed by atoms with Crippen LogP contribution >= 0.6 is 34.8 Å². The lowest BCUT2D eigenvalue weighted by atomic mass is 10.1. The molecule has 0 aromatic heterocycles. The first-order chi connectivity index (χ1) is 16.4. The Morgan fingerprint density at radius 1 is 1.06 bits per heavy atom. The Bertz CT molecular complexity index is 1290. The van der Waals surface area contributed by atoms with E-state index in [0.717, 1.165) is 9.13 Å². The van der Waals surface area contributed by atoms with Gasteiger partial charge in [-0.15, -0.1) is 0 Å². The van der Waals surface area contributed by atoms with Crippen LogP contribution in [0.15, 0.2) is 72.3 Å². The molecule has 1 aliphatic rings. The number of hydrogen-bond donors (Lipinski definition) is 1. The Kier molecular flexibility index (Phi) is 7.28. The van der Waals surface area contributed by atoms with Crippen molar-refractivity contribution in [3.05, 3.63) is 92.6 Å². The number of nitrogens with one attached hydrogen (secondary N) is 1. The van der Waals surface area contributed by atoms with E-state index >= 15 is 0 Å². The Morgan fingerprint density at radius 3 is 2.44 bits per heavy atom. The van der Waals surface area contributed by atoms with Crippen LogP contribution in [0.4, 0.5) is 5.69 Å². The molecule has 3 aromatic rings. The third kappa shape index (κ3) is 5.13. The molecule has 1 aliphatic heterocycles. The van der Waals surface area contributed by atoms with Gasteiger partial charge in [0.2, 0.25) is 0 Å². The smallest absolute Gasteiger partial charge is 0.270 e. The first kappa shape index (κ1) is 23.9. The van der Waals surface area contributed by atoms with Gasteiger partial charge in [-0.1, -0.05) is 48.0 Å². The minimum absolute atomic E-state index is 0.0244. The van der Waals surface area contributed by atoms with Crippen molar-refractivity contribution in [2.24, 2.45) is 0 Å². The van der Waals surface area contributed by atoms with E-state index in [1.165, 1.54) is 16.5 Å². The fourth-order valence-electron chi connectivity index (χ4n) is 3.44. The van der Waals surface area contributed by atoms with Gasteiger partial charge in [0.15, 0.2) is 16.6 Å². The zero-order valence-electron chi connectivity index (χ0n) is 18.5. The van der Waals surface area contributed by atoms with Crippen LogP contribution in [-0.4, -0.2) is 24.0 Å². The zero-order chi connectivity index (χ0) is 24.2. The van der Waals surface area contributed by atoms with Crippen molar-refractivity contribution in [3.8, 4) is 11.5 Å². The van der Waals surface area contributed by atoms with E-state index in [1.807, 2.05) is 43.3 Å². The van der Waals surface area contributed by atoms with Crippen molar-refractivity contribution >= 4 is 63.5 Å². The van der Waals surface area contributed by atoms with E-state index in [0.29, 0.717) is 29.4 Å². The molecule has 172 valence electrons. The monoisotopic (exact) mass is 584 g/mol. The number of benzene rings is 3. The van der Waals surface area contributed by atoms with E-state index in [-0.39, 0.29) is 10.7 Å². The van der Waals surface area contributed by atoms with Gasteiger partial charge in [0.05, 0.1) is 16.4 Å². The Balaban J connectivity index is 1.63. The average molecular weight is 584 g/mol. The fourth-order valence-corrected chi connectivity index (χ4v) is 4.50. The molecule has 0 saturated carbocycles. The summed E-state index contributed by atoms with van der Waals surface area (Å²) < 4.78 is 12.4. The van der Waals surface area contributed by atoms with Gasteiger partial charge in [-0.05, 0) is 83.2 Å². The van der Waals surface area contributed by atoms with Crippen molar-refractivity contribution < 1.29 is 19.1 Å². The number of thiocarbonyl (C=S) groups is 1. The maximum atomic E-state index is 13.2. The summed E-state index contributed by atoms with van der Waals surface area (Å²) in [6.07, 6.45) is 1.53. The third-order valence-electron chi connectivity index (χ3n) is 5.18. The predicted octanol–water partition coefficient (Wildman–Crippen LogP) is 5.02. The summed E-state index contributed by atoms with van der Waals surface area (Å²) >= 11 is 7.40.